The van der Waals surface area contributed by atoms with Gasteiger partial charge in [0, 0.05) is 6.42 Å². The lowest BCUT2D eigenvalue weighted by molar-refractivity contribution is -0.138. The molecular formula is C16H24Cl2N2O2. The molecular weight excluding hydrogens is 323 g/mol. The van der Waals surface area contributed by atoms with Crippen molar-refractivity contribution in [1.29, 1.82) is 0 Å². The maximum absolute atomic E-state index is 11.8. The van der Waals surface area contributed by atoms with Gasteiger partial charge in [0.15, 0.2) is 0 Å². The zero-order valence-electron chi connectivity index (χ0n) is 13.9. The maximum Gasteiger partial charge on any atom is 0.335 e. The second kappa shape index (κ2) is 11.4. The van der Waals surface area contributed by atoms with Crippen LogP contribution >= 0.6 is 23.2 Å². The first-order valence-electron chi connectivity index (χ1n) is 7.41. The molecule has 6 heteroatoms. The number of aliphatic imine (C=N–C) groups is 2. The topological polar surface area (TPSA) is 51.0 Å². The molecule has 0 saturated carbocycles. The van der Waals surface area contributed by atoms with Gasteiger partial charge in [-0.15, -0.1) is 0 Å². The number of carbonyl (C=O) groups is 1. The highest BCUT2D eigenvalue weighted by molar-refractivity contribution is 6.76. The predicted molar refractivity (Wildman–Crippen MR) is 94.9 cm³/mol. The second-order valence-corrected chi connectivity index (χ2v) is 5.23. The normalized spacial score (nSPS) is 14.8. The van der Waals surface area contributed by atoms with Crippen molar-refractivity contribution in [3.05, 3.63) is 22.4 Å². The lowest BCUT2D eigenvalue weighted by Gasteiger charge is -2.07. The highest BCUT2D eigenvalue weighted by Gasteiger charge is 2.11. The van der Waals surface area contributed by atoms with Gasteiger partial charge in [0.2, 0.25) is 0 Å². The van der Waals surface area contributed by atoms with Crippen molar-refractivity contribution >= 4 is 40.2 Å². The fraction of sp³-hybridized carbons (Fsp3) is 0.562. The molecule has 0 aliphatic carbocycles. The number of halogens is 2. The minimum absolute atomic E-state index is 0.195. The van der Waals surface area contributed by atoms with E-state index in [4.69, 9.17) is 27.9 Å². The van der Waals surface area contributed by atoms with E-state index in [1.165, 1.54) is 0 Å². The Morgan fingerprint density at radius 3 is 2.27 bits per heavy atom. The molecule has 22 heavy (non-hydrogen) atoms. The standard InChI is InChI=1S/C16H24Cl2N2O2/c1-6-10-14(20-15(18)12(17)7-2)19-13(8-3)11(5)16(21)22-9-4/h7H,6,8-10H2,1-5H3/b12-7+,13-11+,19-14?,20-15?. The molecule has 124 valence electrons. The molecule has 0 N–H and O–H groups in total. The summed E-state index contributed by atoms with van der Waals surface area (Å²) in [5.41, 5.74) is 1.13. The van der Waals surface area contributed by atoms with E-state index in [9.17, 15) is 4.79 Å². The van der Waals surface area contributed by atoms with Crippen LogP contribution in [0, 0.1) is 0 Å². The lowest BCUT2D eigenvalue weighted by Crippen LogP contribution is -2.08. The van der Waals surface area contributed by atoms with Crippen LogP contribution < -0.4 is 0 Å². The van der Waals surface area contributed by atoms with Gasteiger partial charge in [0.05, 0.1) is 22.9 Å². The van der Waals surface area contributed by atoms with Crippen LogP contribution in [0.2, 0.25) is 0 Å². The first-order chi connectivity index (χ1) is 10.4. The number of hydrogen-bond acceptors (Lipinski definition) is 3. The van der Waals surface area contributed by atoms with E-state index >= 15 is 0 Å². The van der Waals surface area contributed by atoms with Crippen LogP contribution in [-0.2, 0) is 9.53 Å². The van der Waals surface area contributed by atoms with E-state index in [0.717, 1.165) is 6.42 Å². The minimum atomic E-state index is -0.361. The van der Waals surface area contributed by atoms with Crippen molar-refractivity contribution in [2.75, 3.05) is 6.61 Å². The zero-order chi connectivity index (χ0) is 17.1. The minimum Gasteiger partial charge on any atom is -0.463 e. The van der Waals surface area contributed by atoms with Gasteiger partial charge in [-0.05, 0) is 33.6 Å². The summed E-state index contributed by atoms with van der Waals surface area (Å²) < 4.78 is 5.01. The van der Waals surface area contributed by atoms with E-state index in [-0.39, 0.29) is 11.1 Å². The maximum atomic E-state index is 11.8. The smallest absolute Gasteiger partial charge is 0.335 e. The van der Waals surface area contributed by atoms with Gasteiger partial charge in [0.1, 0.15) is 11.0 Å². The summed E-state index contributed by atoms with van der Waals surface area (Å²) in [7, 11) is 0. The van der Waals surface area contributed by atoms with Gasteiger partial charge < -0.3 is 4.74 Å². The molecule has 0 bridgehead atoms. The molecule has 0 spiro atoms. The molecule has 0 aromatic rings. The summed E-state index contributed by atoms with van der Waals surface area (Å²) in [5.74, 6) is 0.188. The van der Waals surface area contributed by atoms with E-state index in [1.807, 2.05) is 13.8 Å². The van der Waals surface area contributed by atoms with Gasteiger partial charge >= 0.3 is 5.97 Å². The predicted octanol–water partition coefficient (Wildman–Crippen LogP) is 5.21. The number of nitrogens with zero attached hydrogens (tertiary/aromatic N) is 2. The van der Waals surface area contributed by atoms with Gasteiger partial charge in [-0.2, -0.15) is 0 Å². The molecule has 0 rings (SSSR count). The number of hydrogen-bond donors (Lipinski definition) is 0. The van der Waals surface area contributed by atoms with E-state index in [1.54, 1.807) is 26.8 Å². The van der Waals surface area contributed by atoms with Gasteiger partial charge in [0.25, 0.3) is 0 Å². The Morgan fingerprint density at radius 1 is 1.18 bits per heavy atom. The zero-order valence-corrected chi connectivity index (χ0v) is 15.4. The summed E-state index contributed by atoms with van der Waals surface area (Å²) in [5, 5.41) is 0.565. The summed E-state index contributed by atoms with van der Waals surface area (Å²) >= 11 is 12.0. The monoisotopic (exact) mass is 346 g/mol. The quantitative estimate of drug-likeness (QED) is 0.275. The molecule has 0 aromatic heterocycles. The highest BCUT2D eigenvalue weighted by Crippen LogP contribution is 2.15. The first kappa shape index (κ1) is 20.9. The lowest BCUT2D eigenvalue weighted by atomic mass is 10.2. The molecule has 0 heterocycles. The first-order valence-corrected chi connectivity index (χ1v) is 8.17. The van der Waals surface area contributed by atoms with Crippen LogP contribution in [0.15, 0.2) is 32.4 Å². The summed E-state index contributed by atoms with van der Waals surface area (Å²) in [4.78, 5) is 20.6. The number of rotatable bonds is 7. The molecule has 0 aliphatic heterocycles. The Kier molecular flexibility index (Phi) is 10.9. The number of amidine groups is 1. The summed E-state index contributed by atoms with van der Waals surface area (Å²) in [6.45, 7) is 9.53. The number of esters is 1. The Bertz CT molecular complexity index is 506. The van der Waals surface area contributed by atoms with E-state index < -0.39 is 0 Å². The Hall–Kier alpha value is -1.13. The molecule has 4 nitrogen and oxygen atoms in total. The molecule has 0 saturated heterocycles. The molecule has 0 fully saturated rings. The van der Waals surface area contributed by atoms with E-state index in [0.29, 0.717) is 41.6 Å². The molecule has 0 amide bonds. The Balaban J connectivity index is 5.67. The molecule has 0 atom stereocenters. The summed E-state index contributed by atoms with van der Waals surface area (Å²) in [6, 6.07) is 0. The summed E-state index contributed by atoms with van der Waals surface area (Å²) in [6.07, 6.45) is 3.76. The van der Waals surface area contributed by atoms with Crippen LogP contribution in [0.5, 0.6) is 0 Å². The van der Waals surface area contributed by atoms with Gasteiger partial charge in [-0.1, -0.05) is 43.1 Å². The number of ether oxygens (including phenoxy) is 1. The molecule has 0 unspecified atom stereocenters. The van der Waals surface area contributed by atoms with Crippen LogP contribution in [0.1, 0.15) is 53.9 Å². The molecule has 0 aromatic carbocycles. The second-order valence-electron chi connectivity index (χ2n) is 4.46. The van der Waals surface area contributed by atoms with E-state index in [2.05, 4.69) is 9.98 Å². The molecule has 0 radical (unpaired) electrons. The highest BCUT2D eigenvalue weighted by atomic mass is 35.5. The van der Waals surface area contributed by atoms with Crippen molar-refractivity contribution in [2.45, 2.75) is 53.9 Å². The average Bonchev–Trinajstić information content (AvgIpc) is 2.51. The third-order valence-electron chi connectivity index (χ3n) is 2.76. The van der Waals surface area contributed by atoms with Gasteiger partial charge in [-0.25, -0.2) is 14.8 Å². The fourth-order valence-electron chi connectivity index (χ4n) is 1.59. The van der Waals surface area contributed by atoms with Crippen LogP contribution in [0.3, 0.4) is 0 Å². The number of carbonyl (C=O) groups excluding carboxylic acids is 1. The average molecular weight is 347 g/mol. The van der Waals surface area contributed by atoms with Crippen molar-refractivity contribution in [2.24, 2.45) is 9.98 Å². The Labute approximate surface area is 143 Å². The van der Waals surface area contributed by atoms with Gasteiger partial charge in [-0.3, -0.25) is 0 Å². The largest absolute Gasteiger partial charge is 0.463 e. The fourth-order valence-corrected chi connectivity index (χ4v) is 1.84. The van der Waals surface area contributed by atoms with Crippen molar-refractivity contribution in [1.82, 2.24) is 0 Å². The number of allylic oxidation sites excluding steroid dienone is 3. The Morgan fingerprint density at radius 2 is 1.82 bits per heavy atom. The third kappa shape index (κ3) is 7.23. The van der Waals surface area contributed by atoms with Crippen LogP contribution in [0.4, 0.5) is 0 Å². The SMILES string of the molecule is C/C=C(/Cl)C(Cl)=NC(CCC)=N/C(CC)=C(\C)C(=O)OCC. The van der Waals surface area contributed by atoms with Crippen molar-refractivity contribution in [3.63, 3.8) is 0 Å². The third-order valence-corrected chi connectivity index (χ3v) is 3.55. The van der Waals surface area contributed by atoms with Crippen LogP contribution in [-0.4, -0.2) is 23.6 Å². The van der Waals surface area contributed by atoms with Crippen LogP contribution in [0.25, 0.3) is 0 Å². The van der Waals surface area contributed by atoms with Crippen molar-refractivity contribution < 1.29 is 9.53 Å². The molecule has 0 aliphatic rings. The van der Waals surface area contributed by atoms with Crippen molar-refractivity contribution in [3.8, 4) is 0 Å².